The number of benzene rings is 1. The van der Waals surface area contributed by atoms with Gasteiger partial charge >= 0.3 is 6.03 Å². The van der Waals surface area contributed by atoms with Crippen LogP contribution in [0.15, 0.2) is 48.8 Å². The molecule has 1 heterocycles. The van der Waals surface area contributed by atoms with Gasteiger partial charge in [0.25, 0.3) is 0 Å². The molecule has 0 saturated carbocycles. The van der Waals surface area contributed by atoms with Crippen LogP contribution < -0.4 is 10.6 Å². The van der Waals surface area contributed by atoms with Crippen molar-refractivity contribution >= 4 is 23.3 Å². The molecule has 0 bridgehead atoms. The molecule has 2 rings (SSSR count). The zero-order valence-corrected chi connectivity index (χ0v) is 11.7. The van der Waals surface area contributed by atoms with E-state index in [4.69, 9.17) is 11.6 Å². The Labute approximate surface area is 123 Å². The second kappa shape index (κ2) is 7.50. The Morgan fingerprint density at radius 3 is 2.70 bits per heavy atom. The van der Waals surface area contributed by atoms with Crippen molar-refractivity contribution in [3.05, 3.63) is 59.4 Å². The maximum absolute atomic E-state index is 11.6. The number of urea groups is 1. The van der Waals surface area contributed by atoms with E-state index in [9.17, 15) is 4.79 Å². The van der Waals surface area contributed by atoms with Crippen LogP contribution in [0.5, 0.6) is 0 Å². The molecule has 104 valence electrons. The molecule has 5 heteroatoms. The maximum atomic E-state index is 11.6. The molecule has 4 nitrogen and oxygen atoms in total. The van der Waals surface area contributed by atoms with E-state index in [1.807, 2.05) is 18.3 Å². The van der Waals surface area contributed by atoms with Gasteiger partial charge in [-0.05, 0) is 48.7 Å². The monoisotopic (exact) mass is 289 g/mol. The van der Waals surface area contributed by atoms with Crippen molar-refractivity contribution in [2.75, 3.05) is 11.9 Å². The lowest BCUT2D eigenvalue weighted by atomic mass is 10.1. The van der Waals surface area contributed by atoms with E-state index in [0.717, 1.165) is 18.5 Å². The zero-order chi connectivity index (χ0) is 14.2. The third kappa shape index (κ3) is 4.90. The number of rotatable bonds is 5. The van der Waals surface area contributed by atoms with Crippen molar-refractivity contribution in [1.82, 2.24) is 10.3 Å². The predicted octanol–water partition coefficient (Wildman–Crippen LogP) is 3.49. The minimum atomic E-state index is -0.210. The molecule has 2 N–H and O–H groups in total. The number of carbonyl (C=O) groups is 1. The van der Waals surface area contributed by atoms with Gasteiger partial charge in [-0.15, -0.1) is 0 Å². The average molecular weight is 290 g/mol. The van der Waals surface area contributed by atoms with Crippen LogP contribution in [0.3, 0.4) is 0 Å². The fourth-order valence-electron chi connectivity index (χ4n) is 1.75. The molecule has 0 fully saturated rings. The Bertz CT molecular complexity index is 543. The summed E-state index contributed by atoms with van der Waals surface area (Å²) in [6.07, 6.45) is 5.36. The van der Waals surface area contributed by atoms with Crippen LogP contribution in [0.25, 0.3) is 0 Å². The first-order chi connectivity index (χ1) is 9.74. The summed E-state index contributed by atoms with van der Waals surface area (Å²) in [6, 6.07) is 10.7. The molecule has 0 spiro atoms. The molecule has 1 aromatic carbocycles. The Hall–Kier alpha value is -2.07. The van der Waals surface area contributed by atoms with Gasteiger partial charge in [0.2, 0.25) is 0 Å². The van der Waals surface area contributed by atoms with Gasteiger partial charge in [-0.25, -0.2) is 4.79 Å². The fraction of sp³-hybridized carbons (Fsp3) is 0.200. The summed E-state index contributed by atoms with van der Waals surface area (Å²) in [5, 5.41) is 6.21. The molecule has 1 aromatic heterocycles. The van der Waals surface area contributed by atoms with E-state index in [-0.39, 0.29) is 6.03 Å². The lowest BCUT2D eigenvalue weighted by Gasteiger charge is -2.07. The lowest BCUT2D eigenvalue weighted by Crippen LogP contribution is -2.29. The number of nitrogens with one attached hydrogen (secondary N) is 2. The molecule has 0 unspecified atom stereocenters. The number of aryl methyl sites for hydroxylation is 1. The standard InChI is InChI=1S/C15H16ClN3O/c16-13-5-7-14(8-6-13)19-15(20)18-10-2-4-12-3-1-9-17-11-12/h1,3,5-9,11H,2,4,10H2,(H2,18,19,20). The minimum absolute atomic E-state index is 0.210. The number of amides is 2. The molecule has 2 aromatic rings. The zero-order valence-electron chi connectivity index (χ0n) is 11.0. The van der Waals surface area contributed by atoms with E-state index >= 15 is 0 Å². The smallest absolute Gasteiger partial charge is 0.319 e. The molecule has 0 aliphatic carbocycles. The number of hydrogen-bond acceptors (Lipinski definition) is 2. The first-order valence-electron chi connectivity index (χ1n) is 6.43. The van der Waals surface area contributed by atoms with Crippen LogP contribution in [0.1, 0.15) is 12.0 Å². The SMILES string of the molecule is O=C(NCCCc1cccnc1)Nc1ccc(Cl)cc1. The third-order valence-corrected chi connectivity index (χ3v) is 3.00. The van der Waals surface area contributed by atoms with Crippen LogP contribution >= 0.6 is 11.6 Å². The summed E-state index contributed by atoms with van der Waals surface area (Å²) in [5.41, 5.74) is 1.89. The largest absolute Gasteiger partial charge is 0.338 e. The number of hydrogen-bond donors (Lipinski definition) is 2. The average Bonchev–Trinajstić information content (AvgIpc) is 2.47. The Kier molecular flexibility index (Phi) is 5.38. The number of carbonyl (C=O) groups excluding carboxylic acids is 1. The topological polar surface area (TPSA) is 54.0 Å². The highest BCUT2D eigenvalue weighted by Crippen LogP contribution is 2.13. The van der Waals surface area contributed by atoms with E-state index < -0.39 is 0 Å². The van der Waals surface area contributed by atoms with E-state index in [1.54, 1.807) is 30.5 Å². The summed E-state index contributed by atoms with van der Waals surface area (Å²) in [6.45, 7) is 0.619. The number of pyridine rings is 1. The van der Waals surface area contributed by atoms with E-state index in [0.29, 0.717) is 11.6 Å². The lowest BCUT2D eigenvalue weighted by molar-refractivity contribution is 0.252. The predicted molar refractivity (Wildman–Crippen MR) is 81.0 cm³/mol. The van der Waals surface area contributed by atoms with Gasteiger partial charge in [0.15, 0.2) is 0 Å². The summed E-state index contributed by atoms with van der Waals surface area (Å²) in [4.78, 5) is 15.7. The van der Waals surface area contributed by atoms with Crippen molar-refractivity contribution in [2.24, 2.45) is 0 Å². The Morgan fingerprint density at radius 1 is 1.20 bits per heavy atom. The van der Waals surface area contributed by atoms with Gasteiger partial charge in [0.1, 0.15) is 0 Å². The van der Waals surface area contributed by atoms with Crippen molar-refractivity contribution in [1.29, 1.82) is 0 Å². The molecular formula is C15H16ClN3O. The molecule has 0 aliphatic rings. The van der Waals surface area contributed by atoms with Crippen LogP contribution in [0.2, 0.25) is 5.02 Å². The summed E-state index contributed by atoms with van der Waals surface area (Å²) < 4.78 is 0. The summed E-state index contributed by atoms with van der Waals surface area (Å²) >= 11 is 5.78. The highest BCUT2D eigenvalue weighted by atomic mass is 35.5. The number of aromatic nitrogens is 1. The highest BCUT2D eigenvalue weighted by Gasteiger charge is 2.01. The van der Waals surface area contributed by atoms with Gasteiger partial charge < -0.3 is 10.6 Å². The first-order valence-corrected chi connectivity index (χ1v) is 6.81. The quantitative estimate of drug-likeness (QED) is 0.828. The van der Waals surface area contributed by atoms with Gasteiger partial charge in [-0.2, -0.15) is 0 Å². The molecule has 0 atom stereocenters. The normalized spacial score (nSPS) is 10.1. The molecule has 0 aliphatic heterocycles. The number of nitrogens with zero attached hydrogens (tertiary/aromatic N) is 1. The number of anilines is 1. The van der Waals surface area contributed by atoms with E-state index in [2.05, 4.69) is 15.6 Å². The second-order valence-electron chi connectivity index (χ2n) is 4.35. The molecule has 20 heavy (non-hydrogen) atoms. The fourth-order valence-corrected chi connectivity index (χ4v) is 1.87. The highest BCUT2D eigenvalue weighted by molar-refractivity contribution is 6.30. The summed E-state index contributed by atoms with van der Waals surface area (Å²) in [5.74, 6) is 0. The van der Waals surface area contributed by atoms with Gasteiger partial charge in [-0.1, -0.05) is 17.7 Å². The van der Waals surface area contributed by atoms with Crippen LogP contribution in [0.4, 0.5) is 10.5 Å². The van der Waals surface area contributed by atoms with Crippen molar-refractivity contribution < 1.29 is 4.79 Å². The summed E-state index contributed by atoms with van der Waals surface area (Å²) in [7, 11) is 0. The number of halogens is 1. The van der Waals surface area contributed by atoms with Crippen LogP contribution in [-0.4, -0.2) is 17.6 Å². The molecule has 0 saturated heterocycles. The molecular weight excluding hydrogens is 274 g/mol. The minimum Gasteiger partial charge on any atom is -0.338 e. The van der Waals surface area contributed by atoms with Gasteiger partial charge in [0.05, 0.1) is 0 Å². The third-order valence-electron chi connectivity index (χ3n) is 2.75. The van der Waals surface area contributed by atoms with E-state index in [1.165, 1.54) is 5.56 Å². The van der Waals surface area contributed by atoms with Crippen LogP contribution in [-0.2, 0) is 6.42 Å². The van der Waals surface area contributed by atoms with Crippen LogP contribution in [0, 0.1) is 0 Å². The van der Waals surface area contributed by atoms with Crippen molar-refractivity contribution in [3.8, 4) is 0 Å². The molecule has 0 radical (unpaired) electrons. The maximum Gasteiger partial charge on any atom is 0.319 e. The van der Waals surface area contributed by atoms with Gasteiger partial charge in [-0.3, -0.25) is 4.98 Å². The van der Waals surface area contributed by atoms with Gasteiger partial charge in [0, 0.05) is 29.6 Å². The van der Waals surface area contributed by atoms with Crippen molar-refractivity contribution in [2.45, 2.75) is 12.8 Å². The second-order valence-corrected chi connectivity index (χ2v) is 4.79. The van der Waals surface area contributed by atoms with Crippen molar-refractivity contribution in [3.63, 3.8) is 0 Å². The Morgan fingerprint density at radius 2 is 2.00 bits per heavy atom. The Balaban J connectivity index is 1.66. The first kappa shape index (κ1) is 14.3. The molecule has 2 amide bonds.